The Bertz CT molecular complexity index is 607. The molecule has 1 saturated heterocycles. The van der Waals surface area contributed by atoms with E-state index in [4.69, 9.17) is 16.3 Å². The Kier molecular flexibility index (Phi) is 3.94. The molecule has 0 aliphatic carbocycles. The number of fused-ring (bicyclic) bond motifs is 1. The summed E-state index contributed by atoms with van der Waals surface area (Å²) < 4.78 is 21.8. The molecular formula is C15H18ClFN2O. The molecule has 1 aromatic carbocycles. The molecule has 0 radical (unpaired) electrons. The molecule has 5 heteroatoms. The van der Waals surface area contributed by atoms with Gasteiger partial charge in [-0.3, -0.25) is 0 Å². The number of hydrogen-bond donors (Lipinski definition) is 0. The Labute approximate surface area is 122 Å². The quantitative estimate of drug-likeness (QED) is 0.805. The monoisotopic (exact) mass is 296 g/mol. The van der Waals surface area contributed by atoms with Crippen LogP contribution >= 0.6 is 11.6 Å². The maximum atomic E-state index is 13.9. The van der Waals surface area contributed by atoms with E-state index < -0.39 is 0 Å². The van der Waals surface area contributed by atoms with Gasteiger partial charge in [-0.2, -0.15) is 0 Å². The molecule has 0 N–H and O–H groups in total. The van der Waals surface area contributed by atoms with Crippen LogP contribution < -0.4 is 0 Å². The molecule has 2 aromatic rings. The minimum atomic E-state index is -0.281. The number of ether oxygens (including phenoxy) is 1. The van der Waals surface area contributed by atoms with Crippen LogP contribution in [0.4, 0.5) is 4.39 Å². The molecule has 1 aromatic heterocycles. The first kappa shape index (κ1) is 13.8. The fraction of sp³-hybridized carbons (Fsp3) is 0.533. The van der Waals surface area contributed by atoms with Gasteiger partial charge in [-0.05, 0) is 31.9 Å². The SMILES string of the molecule is CC(C1CCCO1)n1c(CCCl)nc2c(F)cccc21. The maximum Gasteiger partial charge on any atom is 0.151 e. The Morgan fingerprint density at radius 3 is 3.10 bits per heavy atom. The molecule has 108 valence electrons. The van der Waals surface area contributed by atoms with Crippen molar-refractivity contribution in [2.75, 3.05) is 12.5 Å². The van der Waals surface area contributed by atoms with Crippen LogP contribution in [-0.2, 0) is 11.2 Å². The molecule has 1 aliphatic rings. The normalized spacial score (nSPS) is 20.6. The zero-order valence-electron chi connectivity index (χ0n) is 11.5. The van der Waals surface area contributed by atoms with Crippen molar-refractivity contribution < 1.29 is 9.13 Å². The number of imidazole rings is 1. The lowest BCUT2D eigenvalue weighted by atomic mass is 10.1. The molecule has 0 saturated carbocycles. The van der Waals surface area contributed by atoms with E-state index in [1.165, 1.54) is 6.07 Å². The second-order valence-corrected chi connectivity index (χ2v) is 5.61. The number of nitrogens with zero attached hydrogens (tertiary/aromatic N) is 2. The molecule has 0 amide bonds. The average molecular weight is 297 g/mol. The number of benzene rings is 1. The summed E-state index contributed by atoms with van der Waals surface area (Å²) in [5.41, 5.74) is 1.26. The van der Waals surface area contributed by atoms with E-state index in [1.54, 1.807) is 6.07 Å². The van der Waals surface area contributed by atoms with E-state index in [2.05, 4.69) is 16.5 Å². The van der Waals surface area contributed by atoms with Crippen LogP contribution in [0.1, 0.15) is 31.6 Å². The van der Waals surface area contributed by atoms with Crippen LogP contribution in [-0.4, -0.2) is 28.1 Å². The summed E-state index contributed by atoms with van der Waals surface area (Å²) in [5.74, 6) is 1.03. The van der Waals surface area contributed by atoms with Crippen molar-refractivity contribution in [3.63, 3.8) is 0 Å². The fourth-order valence-electron chi connectivity index (χ4n) is 3.00. The van der Waals surface area contributed by atoms with Gasteiger partial charge >= 0.3 is 0 Å². The van der Waals surface area contributed by atoms with Crippen molar-refractivity contribution in [2.24, 2.45) is 0 Å². The van der Waals surface area contributed by atoms with Crippen LogP contribution in [0.15, 0.2) is 18.2 Å². The highest BCUT2D eigenvalue weighted by Crippen LogP contribution is 2.30. The van der Waals surface area contributed by atoms with Gasteiger partial charge in [-0.15, -0.1) is 11.6 Å². The van der Waals surface area contributed by atoms with E-state index in [0.29, 0.717) is 17.8 Å². The first-order valence-corrected chi connectivity index (χ1v) is 7.58. The van der Waals surface area contributed by atoms with Crippen LogP contribution in [0.25, 0.3) is 11.0 Å². The molecule has 1 fully saturated rings. The third-order valence-corrected chi connectivity index (χ3v) is 4.16. The number of para-hydroxylation sites is 1. The van der Waals surface area contributed by atoms with Crippen molar-refractivity contribution >= 4 is 22.6 Å². The van der Waals surface area contributed by atoms with Gasteiger partial charge in [0.05, 0.1) is 17.7 Å². The van der Waals surface area contributed by atoms with Gasteiger partial charge < -0.3 is 9.30 Å². The minimum Gasteiger partial charge on any atom is -0.376 e. The summed E-state index contributed by atoms with van der Waals surface area (Å²) >= 11 is 5.86. The smallest absolute Gasteiger partial charge is 0.151 e. The van der Waals surface area contributed by atoms with E-state index >= 15 is 0 Å². The number of halogens is 2. The lowest BCUT2D eigenvalue weighted by molar-refractivity contribution is 0.0736. The summed E-state index contributed by atoms with van der Waals surface area (Å²) in [6.07, 6.45) is 2.93. The van der Waals surface area contributed by atoms with Crippen molar-refractivity contribution in [1.82, 2.24) is 9.55 Å². The van der Waals surface area contributed by atoms with Crippen molar-refractivity contribution in [3.8, 4) is 0 Å². The molecule has 2 heterocycles. The van der Waals surface area contributed by atoms with Crippen LogP contribution in [0, 0.1) is 5.82 Å². The zero-order chi connectivity index (χ0) is 14.1. The highest BCUT2D eigenvalue weighted by Gasteiger charge is 2.27. The Morgan fingerprint density at radius 1 is 1.55 bits per heavy atom. The lowest BCUT2D eigenvalue weighted by Gasteiger charge is -2.23. The van der Waals surface area contributed by atoms with E-state index in [1.807, 2.05) is 6.07 Å². The summed E-state index contributed by atoms with van der Waals surface area (Å²) in [7, 11) is 0. The molecule has 20 heavy (non-hydrogen) atoms. The van der Waals surface area contributed by atoms with Crippen molar-refractivity contribution in [2.45, 2.75) is 38.3 Å². The summed E-state index contributed by atoms with van der Waals surface area (Å²) in [6.45, 7) is 2.92. The average Bonchev–Trinajstić information content (AvgIpc) is 3.06. The summed E-state index contributed by atoms with van der Waals surface area (Å²) in [6, 6.07) is 5.22. The third kappa shape index (κ3) is 2.31. The van der Waals surface area contributed by atoms with Gasteiger partial charge in [-0.1, -0.05) is 6.07 Å². The van der Waals surface area contributed by atoms with Crippen LogP contribution in [0.2, 0.25) is 0 Å². The topological polar surface area (TPSA) is 27.1 Å². The second-order valence-electron chi connectivity index (χ2n) is 5.24. The van der Waals surface area contributed by atoms with Crippen LogP contribution in [0.3, 0.4) is 0 Å². The molecule has 0 bridgehead atoms. The molecular weight excluding hydrogens is 279 g/mol. The molecule has 2 atom stereocenters. The van der Waals surface area contributed by atoms with E-state index in [0.717, 1.165) is 30.8 Å². The number of aryl methyl sites for hydroxylation is 1. The first-order chi connectivity index (χ1) is 9.72. The molecule has 2 unspecified atom stereocenters. The summed E-state index contributed by atoms with van der Waals surface area (Å²) in [4.78, 5) is 4.44. The predicted octanol–water partition coefficient (Wildman–Crippen LogP) is 3.70. The van der Waals surface area contributed by atoms with Gasteiger partial charge in [0.25, 0.3) is 0 Å². The highest BCUT2D eigenvalue weighted by molar-refractivity contribution is 6.17. The summed E-state index contributed by atoms with van der Waals surface area (Å²) in [5, 5.41) is 0. The second kappa shape index (κ2) is 5.70. The number of aromatic nitrogens is 2. The van der Waals surface area contributed by atoms with Crippen molar-refractivity contribution in [3.05, 3.63) is 29.8 Å². The predicted molar refractivity (Wildman–Crippen MR) is 77.8 cm³/mol. The minimum absolute atomic E-state index is 0.141. The standard InChI is InChI=1S/C15H18ClFN2O/c1-10(13-6-3-9-20-13)19-12-5-2-4-11(17)15(12)18-14(19)7-8-16/h2,4-5,10,13H,3,6-9H2,1H3. The Morgan fingerprint density at radius 2 is 2.40 bits per heavy atom. The van der Waals surface area contributed by atoms with Gasteiger partial charge in [0.1, 0.15) is 11.3 Å². The molecule has 3 rings (SSSR count). The molecule has 0 spiro atoms. The van der Waals surface area contributed by atoms with Crippen molar-refractivity contribution in [1.29, 1.82) is 0 Å². The van der Waals surface area contributed by atoms with Gasteiger partial charge in [0, 0.05) is 18.9 Å². The first-order valence-electron chi connectivity index (χ1n) is 7.05. The van der Waals surface area contributed by atoms with Crippen LogP contribution in [0.5, 0.6) is 0 Å². The molecule has 3 nitrogen and oxygen atoms in total. The number of hydrogen-bond acceptors (Lipinski definition) is 2. The van der Waals surface area contributed by atoms with E-state index in [9.17, 15) is 4.39 Å². The van der Waals surface area contributed by atoms with E-state index in [-0.39, 0.29) is 18.0 Å². The number of rotatable bonds is 4. The van der Waals surface area contributed by atoms with Gasteiger partial charge in [-0.25, -0.2) is 9.37 Å². The Hall–Kier alpha value is -1.13. The third-order valence-electron chi connectivity index (χ3n) is 3.97. The largest absolute Gasteiger partial charge is 0.376 e. The maximum absolute atomic E-state index is 13.9. The highest BCUT2D eigenvalue weighted by atomic mass is 35.5. The fourth-order valence-corrected chi connectivity index (χ4v) is 3.16. The lowest BCUT2D eigenvalue weighted by Crippen LogP contribution is -2.22. The Balaban J connectivity index is 2.10. The zero-order valence-corrected chi connectivity index (χ0v) is 12.2. The number of alkyl halides is 1. The van der Waals surface area contributed by atoms with Gasteiger partial charge in [0.15, 0.2) is 5.82 Å². The van der Waals surface area contributed by atoms with Gasteiger partial charge in [0.2, 0.25) is 0 Å². The molecule has 1 aliphatic heterocycles.